The number of carbonyl (C=O) groups is 1. The molecule has 1 amide bonds. The molecule has 1 rings (SSSR count). The third-order valence-corrected chi connectivity index (χ3v) is 1.93. The largest absolute Gasteiger partial charge is 0.347 e. The zero-order valence-corrected chi connectivity index (χ0v) is 9.43. The minimum absolute atomic E-state index is 0.0778. The zero-order chi connectivity index (χ0) is 12.1. The Kier molecular flexibility index (Phi) is 3.78. The van der Waals surface area contributed by atoms with Crippen LogP contribution in [0.3, 0.4) is 0 Å². The molecule has 1 aromatic rings. The van der Waals surface area contributed by atoms with E-state index in [9.17, 15) is 4.79 Å². The molecule has 0 saturated heterocycles. The van der Waals surface area contributed by atoms with E-state index >= 15 is 0 Å². The molecular formula is C10H13N5O. The zero-order valence-electron chi connectivity index (χ0n) is 9.43. The van der Waals surface area contributed by atoms with E-state index < -0.39 is 6.04 Å². The van der Waals surface area contributed by atoms with Crippen molar-refractivity contribution in [3.63, 3.8) is 0 Å². The van der Waals surface area contributed by atoms with Crippen LogP contribution in [0.15, 0.2) is 12.3 Å². The van der Waals surface area contributed by atoms with Crippen molar-refractivity contribution in [2.75, 3.05) is 19.4 Å². The molecule has 1 N–H and O–H groups in total. The van der Waals surface area contributed by atoms with Crippen molar-refractivity contribution >= 4 is 11.9 Å². The highest BCUT2D eigenvalue weighted by Crippen LogP contribution is 2.02. The van der Waals surface area contributed by atoms with Crippen molar-refractivity contribution in [1.82, 2.24) is 14.9 Å². The van der Waals surface area contributed by atoms with Crippen molar-refractivity contribution in [2.24, 2.45) is 0 Å². The lowest BCUT2D eigenvalue weighted by molar-refractivity contribution is -0.129. The van der Waals surface area contributed by atoms with Crippen LogP contribution in [-0.2, 0) is 4.79 Å². The normalized spacial score (nSPS) is 11.4. The highest BCUT2D eigenvalue weighted by Gasteiger charge is 2.15. The fourth-order valence-corrected chi connectivity index (χ4v) is 1.13. The number of carbonyl (C=O) groups excluding carboxylic acids is 1. The lowest BCUT2D eigenvalue weighted by atomic mass is 10.3. The van der Waals surface area contributed by atoms with Crippen LogP contribution in [0.4, 0.5) is 5.95 Å². The SMILES string of the molecule is CC(Nc1nccc(C#N)n1)C(=O)N(C)C. The van der Waals surface area contributed by atoms with Crippen LogP contribution < -0.4 is 5.32 Å². The van der Waals surface area contributed by atoms with Gasteiger partial charge in [-0.2, -0.15) is 5.26 Å². The van der Waals surface area contributed by atoms with Crippen LogP contribution in [0.25, 0.3) is 0 Å². The fraction of sp³-hybridized carbons (Fsp3) is 0.400. The second kappa shape index (κ2) is 5.07. The van der Waals surface area contributed by atoms with Crippen LogP contribution in [0, 0.1) is 11.3 Å². The maximum absolute atomic E-state index is 11.5. The molecule has 1 heterocycles. The molecule has 0 saturated carbocycles. The Bertz CT molecular complexity index is 423. The lowest BCUT2D eigenvalue weighted by Crippen LogP contribution is -2.37. The van der Waals surface area contributed by atoms with E-state index in [-0.39, 0.29) is 17.5 Å². The van der Waals surface area contributed by atoms with Gasteiger partial charge in [0.25, 0.3) is 0 Å². The summed E-state index contributed by atoms with van der Waals surface area (Å²) in [5.74, 6) is 0.202. The first-order valence-electron chi connectivity index (χ1n) is 4.75. The Hall–Kier alpha value is -2.16. The number of hydrogen-bond acceptors (Lipinski definition) is 5. The van der Waals surface area contributed by atoms with Gasteiger partial charge in [0.05, 0.1) is 0 Å². The summed E-state index contributed by atoms with van der Waals surface area (Å²) in [6.07, 6.45) is 1.47. The van der Waals surface area contributed by atoms with Crippen LogP contribution in [0.5, 0.6) is 0 Å². The van der Waals surface area contributed by atoms with E-state index in [0.29, 0.717) is 0 Å². The number of anilines is 1. The molecule has 0 bridgehead atoms. The average molecular weight is 219 g/mol. The van der Waals surface area contributed by atoms with E-state index in [1.54, 1.807) is 21.0 Å². The highest BCUT2D eigenvalue weighted by atomic mass is 16.2. The maximum atomic E-state index is 11.5. The Morgan fingerprint density at radius 3 is 2.88 bits per heavy atom. The number of aromatic nitrogens is 2. The monoisotopic (exact) mass is 219 g/mol. The minimum Gasteiger partial charge on any atom is -0.347 e. The summed E-state index contributed by atoms with van der Waals surface area (Å²) < 4.78 is 0. The lowest BCUT2D eigenvalue weighted by Gasteiger charge is -2.17. The van der Waals surface area contributed by atoms with E-state index in [0.717, 1.165) is 0 Å². The molecule has 0 aliphatic rings. The number of likely N-dealkylation sites (N-methyl/N-ethyl adjacent to an activating group) is 1. The summed E-state index contributed by atoms with van der Waals surface area (Å²) in [7, 11) is 3.35. The van der Waals surface area contributed by atoms with Gasteiger partial charge < -0.3 is 10.2 Å². The van der Waals surface area contributed by atoms with Gasteiger partial charge in [-0.05, 0) is 13.0 Å². The molecule has 0 fully saturated rings. The Morgan fingerprint density at radius 1 is 1.62 bits per heavy atom. The molecule has 16 heavy (non-hydrogen) atoms. The van der Waals surface area contributed by atoms with Crippen LogP contribution in [0.2, 0.25) is 0 Å². The summed E-state index contributed by atoms with van der Waals surface area (Å²) >= 11 is 0. The van der Waals surface area contributed by atoms with Crippen molar-refractivity contribution in [2.45, 2.75) is 13.0 Å². The maximum Gasteiger partial charge on any atom is 0.244 e. The molecule has 1 aromatic heterocycles. The smallest absolute Gasteiger partial charge is 0.244 e. The van der Waals surface area contributed by atoms with Gasteiger partial charge in [0.2, 0.25) is 11.9 Å². The Labute approximate surface area is 93.9 Å². The van der Waals surface area contributed by atoms with Gasteiger partial charge in [-0.15, -0.1) is 0 Å². The number of nitriles is 1. The van der Waals surface area contributed by atoms with Gasteiger partial charge in [0.1, 0.15) is 17.8 Å². The molecule has 6 heteroatoms. The first kappa shape index (κ1) is 11.9. The number of hydrogen-bond donors (Lipinski definition) is 1. The summed E-state index contributed by atoms with van der Waals surface area (Å²) in [4.78, 5) is 20.9. The third-order valence-electron chi connectivity index (χ3n) is 1.93. The van der Waals surface area contributed by atoms with Gasteiger partial charge in [-0.25, -0.2) is 9.97 Å². The summed E-state index contributed by atoms with van der Waals surface area (Å²) in [6.45, 7) is 1.71. The van der Waals surface area contributed by atoms with E-state index in [1.807, 2.05) is 6.07 Å². The highest BCUT2D eigenvalue weighted by molar-refractivity contribution is 5.83. The predicted molar refractivity (Wildman–Crippen MR) is 58.5 cm³/mol. The molecule has 6 nitrogen and oxygen atoms in total. The number of rotatable bonds is 3. The van der Waals surface area contributed by atoms with Crippen LogP contribution >= 0.6 is 0 Å². The number of nitrogens with one attached hydrogen (secondary N) is 1. The van der Waals surface area contributed by atoms with E-state index in [4.69, 9.17) is 5.26 Å². The Morgan fingerprint density at radius 2 is 2.31 bits per heavy atom. The third kappa shape index (κ3) is 2.92. The fourth-order valence-electron chi connectivity index (χ4n) is 1.13. The average Bonchev–Trinajstić information content (AvgIpc) is 2.28. The summed E-state index contributed by atoms with van der Waals surface area (Å²) in [5, 5.41) is 11.5. The van der Waals surface area contributed by atoms with E-state index in [2.05, 4.69) is 15.3 Å². The van der Waals surface area contributed by atoms with Gasteiger partial charge in [-0.3, -0.25) is 4.79 Å². The van der Waals surface area contributed by atoms with Gasteiger partial charge in [-0.1, -0.05) is 0 Å². The molecule has 0 radical (unpaired) electrons. The quantitative estimate of drug-likeness (QED) is 0.787. The van der Waals surface area contributed by atoms with E-state index in [1.165, 1.54) is 17.2 Å². The molecule has 1 atom stereocenters. The molecule has 0 aromatic carbocycles. The molecule has 84 valence electrons. The number of amides is 1. The predicted octanol–water partition coefficient (Wildman–Crippen LogP) is 0.237. The molecule has 0 aliphatic heterocycles. The standard InChI is InChI=1S/C10H13N5O/c1-7(9(16)15(2)3)13-10-12-5-4-8(6-11)14-10/h4-5,7H,1-3H3,(H,12,13,14). The summed E-state index contributed by atoms with van der Waals surface area (Å²) in [5.41, 5.74) is 0.266. The van der Waals surface area contributed by atoms with Crippen molar-refractivity contribution < 1.29 is 4.79 Å². The second-order valence-corrected chi connectivity index (χ2v) is 3.48. The molecule has 0 spiro atoms. The summed E-state index contributed by atoms with van der Waals surface area (Å²) in [6, 6.07) is 2.98. The first-order valence-corrected chi connectivity index (χ1v) is 4.75. The van der Waals surface area contributed by atoms with Gasteiger partial charge >= 0.3 is 0 Å². The number of nitrogens with zero attached hydrogens (tertiary/aromatic N) is 4. The Balaban J connectivity index is 2.74. The topological polar surface area (TPSA) is 81.9 Å². The minimum atomic E-state index is -0.427. The van der Waals surface area contributed by atoms with Crippen molar-refractivity contribution in [3.05, 3.63) is 18.0 Å². The van der Waals surface area contributed by atoms with Gasteiger partial charge in [0, 0.05) is 20.3 Å². The van der Waals surface area contributed by atoms with Gasteiger partial charge in [0.15, 0.2) is 0 Å². The second-order valence-electron chi connectivity index (χ2n) is 3.48. The van der Waals surface area contributed by atoms with Crippen LogP contribution in [-0.4, -0.2) is 40.9 Å². The van der Waals surface area contributed by atoms with Crippen molar-refractivity contribution in [1.29, 1.82) is 5.26 Å². The van der Waals surface area contributed by atoms with Crippen LogP contribution in [0.1, 0.15) is 12.6 Å². The molecular weight excluding hydrogens is 206 g/mol. The van der Waals surface area contributed by atoms with Crippen molar-refractivity contribution in [3.8, 4) is 6.07 Å². The molecule has 1 unspecified atom stereocenters. The molecule has 0 aliphatic carbocycles. The first-order chi connectivity index (χ1) is 7.54.